The summed E-state index contributed by atoms with van der Waals surface area (Å²) in [7, 11) is 1.66. The minimum absolute atomic E-state index is 0.00557. The zero-order valence-electron chi connectivity index (χ0n) is 12.7. The summed E-state index contributed by atoms with van der Waals surface area (Å²) < 4.78 is 5.28. The summed E-state index contributed by atoms with van der Waals surface area (Å²) in [5.41, 5.74) is 3.30. The Hall–Kier alpha value is -2.29. The van der Waals surface area contributed by atoms with E-state index in [0.717, 1.165) is 22.4 Å². The summed E-state index contributed by atoms with van der Waals surface area (Å²) >= 11 is 0. The predicted octanol–water partition coefficient (Wildman–Crippen LogP) is 3.63. The van der Waals surface area contributed by atoms with E-state index < -0.39 is 0 Å². The third-order valence-corrected chi connectivity index (χ3v) is 3.38. The molecule has 0 unspecified atom stereocenters. The number of benzene rings is 2. The molecule has 0 saturated carbocycles. The van der Waals surface area contributed by atoms with Gasteiger partial charge < -0.3 is 10.1 Å². The zero-order valence-corrected chi connectivity index (χ0v) is 12.7. The van der Waals surface area contributed by atoms with Crippen LogP contribution in [-0.4, -0.2) is 13.0 Å². The van der Waals surface area contributed by atoms with Crippen LogP contribution in [0.25, 0.3) is 11.1 Å². The molecule has 3 heteroatoms. The number of amides is 1. The average molecular weight is 283 g/mol. The monoisotopic (exact) mass is 283 g/mol. The first-order valence-electron chi connectivity index (χ1n) is 7.12. The largest absolute Gasteiger partial charge is 0.497 e. The van der Waals surface area contributed by atoms with Gasteiger partial charge in [-0.15, -0.1) is 0 Å². The lowest BCUT2D eigenvalue weighted by molar-refractivity contribution is -0.124. The third kappa shape index (κ3) is 3.85. The maximum Gasteiger partial charge on any atom is 0.222 e. The highest BCUT2D eigenvalue weighted by Gasteiger charge is 2.09. The van der Waals surface area contributed by atoms with Gasteiger partial charge in [0.15, 0.2) is 0 Å². The van der Waals surface area contributed by atoms with Gasteiger partial charge in [0.05, 0.1) is 7.11 Å². The van der Waals surface area contributed by atoms with Gasteiger partial charge in [0.1, 0.15) is 5.75 Å². The number of rotatable bonds is 5. The molecule has 0 aromatic heterocycles. The molecule has 110 valence electrons. The SMILES string of the molecule is COc1cccc(-c2ccccc2CNC(=O)C(C)C)c1. The molecule has 2 rings (SSSR count). The Balaban J connectivity index is 2.26. The lowest BCUT2D eigenvalue weighted by Gasteiger charge is -2.13. The van der Waals surface area contributed by atoms with Gasteiger partial charge in [-0.3, -0.25) is 4.79 Å². The number of methoxy groups -OCH3 is 1. The molecule has 2 aromatic carbocycles. The highest BCUT2D eigenvalue weighted by molar-refractivity contribution is 5.78. The van der Waals surface area contributed by atoms with Crippen molar-refractivity contribution in [3.05, 3.63) is 54.1 Å². The van der Waals surface area contributed by atoms with E-state index in [9.17, 15) is 4.79 Å². The van der Waals surface area contributed by atoms with Crippen LogP contribution in [0.5, 0.6) is 5.75 Å². The van der Waals surface area contributed by atoms with Crippen molar-refractivity contribution < 1.29 is 9.53 Å². The Kier molecular flexibility index (Phi) is 4.99. The van der Waals surface area contributed by atoms with Crippen molar-refractivity contribution >= 4 is 5.91 Å². The number of carbonyl (C=O) groups excluding carboxylic acids is 1. The Morgan fingerprint density at radius 3 is 2.62 bits per heavy atom. The number of nitrogens with one attached hydrogen (secondary N) is 1. The van der Waals surface area contributed by atoms with Crippen LogP contribution >= 0.6 is 0 Å². The molecular formula is C18H21NO2. The van der Waals surface area contributed by atoms with E-state index in [0.29, 0.717) is 6.54 Å². The Bertz CT molecular complexity index is 620. The van der Waals surface area contributed by atoms with E-state index in [-0.39, 0.29) is 11.8 Å². The molecule has 21 heavy (non-hydrogen) atoms. The summed E-state index contributed by atoms with van der Waals surface area (Å²) in [5, 5.41) is 2.97. The van der Waals surface area contributed by atoms with Crippen LogP contribution in [0.3, 0.4) is 0 Å². The van der Waals surface area contributed by atoms with Crippen molar-refractivity contribution in [3.8, 4) is 16.9 Å². The van der Waals surface area contributed by atoms with Gasteiger partial charge in [-0.2, -0.15) is 0 Å². The van der Waals surface area contributed by atoms with Crippen LogP contribution in [0.2, 0.25) is 0 Å². The van der Waals surface area contributed by atoms with Crippen LogP contribution in [0, 0.1) is 5.92 Å². The molecule has 1 amide bonds. The normalized spacial score (nSPS) is 10.5. The first-order chi connectivity index (χ1) is 10.1. The van der Waals surface area contributed by atoms with Crippen LogP contribution < -0.4 is 10.1 Å². The number of hydrogen-bond acceptors (Lipinski definition) is 2. The highest BCUT2D eigenvalue weighted by Crippen LogP contribution is 2.26. The van der Waals surface area contributed by atoms with E-state index in [1.807, 2.05) is 56.3 Å². The molecule has 0 aliphatic carbocycles. The van der Waals surface area contributed by atoms with E-state index >= 15 is 0 Å². The molecule has 0 aliphatic heterocycles. The molecule has 3 nitrogen and oxygen atoms in total. The fourth-order valence-corrected chi connectivity index (χ4v) is 2.13. The van der Waals surface area contributed by atoms with Crippen LogP contribution in [0.15, 0.2) is 48.5 Å². The van der Waals surface area contributed by atoms with Gasteiger partial charge in [-0.25, -0.2) is 0 Å². The second kappa shape index (κ2) is 6.93. The lowest BCUT2D eigenvalue weighted by atomic mass is 9.99. The van der Waals surface area contributed by atoms with Gasteiger partial charge in [0, 0.05) is 12.5 Å². The summed E-state index contributed by atoms with van der Waals surface area (Å²) in [4.78, 5) is 11.7. The summed E-state index contributed by atoms with van der Waals surface area (Å²) in [6.45, 7) is 4.32. The van der Waals surface area contributed by atoms with Crippen molar-refractivity contribution in [2.75, 3.05) is 7.11 Å². The number of hydrogen-bond donors (Lipinski definition) is 1. The third-order valence-electron chi connectivity index (χ3n) is 3.38. The Morgan fingerprint density at radius 1 is 1.14 bits per heavy atom. The molecule has 0 saturated heterocycles. The maximum atomic E-state index is 11.7. The van der Waals surface area contributed by atoms with E-state index in [4.69, 9.17) is 4.74 Å². The maximum absolute atomic E-state index is 11.7. The quantitative estimate of drug-likeness (QED) is 0.910. The smallest absolute Gasteiger partial charge is 0.222 e. The lowest BCUT2D eigenvalue weighted by Crippen LogP contribution is -2.27. The fraction of sp³-hybridized carbons (Fsp3) is 0.278. The first kappa shape index (κ1) is 15.1. The molecule has 0 aliphatic rings. The molecule has 0 fully saturated rings. The van der Waals surface area contributed by atoms with E-state index in [2.05, 4.69) is 11.4 Å². The fourth-order valence-electron chi connectivity index (χ4n) is 2.13. The zero-order chi connectivity index (χ0) is 15.2. The van der Waals surface area contributed by atoms with Gasteiger partial charge >= 0.3 is 0 Å². The van der Waals surface area contributed by atoms with Gasteiger partial charge in [0.25, 0.3) is 0 Å². The highest BCUT2D eigenvalue weighted by atomic mass is 16.5. The minimum atomic E-state index is -0.00557. The predicted molar refractivity (Wildman–Crippen MR) is 85.1 cm³/mol. The number of ether oxygens (including phenoxy) is 1. The van der Waals surface area contributed by atoms with E-state index in [1.54, 1.807) is 7.11 Å². The minimum Gasteiger partial charge on any atom is -0.497 e. The van der Waals surface area contributed by atoms with Crippen molar-refractivity contribution in [2.45, 2.75) is 20.4 Å². The number of carbonyl (C=O) groups is 1. The molecule has 2 aromatic rings. The Morgan fingerprint density at radius 2 is 1.90 bits per heavy atom. The summed E-state index contributed by atoms with van der Waals surface area (Å²) in [6, 6.07) is 16.0. The van der Waals surface area contributed by atoms with Gasteiger partial charge in [0.2, 0.25) is 5.91 Å². The van der Waals surface area contributed by atoms with Crippen molar-refractivity contribution in [1.82, 2.24) is 5.32 Å². The molecule has 0 bridgehead atoms. The van der Waals surface area contributed by atoms with Crippen LogP contribution in [0.4, 0.5) is 0 Å². The summed E-state index contributed by atoms with van der Waals surface area (Å²) in [6.07, 6.45) is 0. The second-order valence-electron chi connectivity index (χ2n) is 5.26. The molecule has 0 atom stereocenters. The van der Waals surface area contributed by atoms with Crippen LogP contribution in [-0.2, 0) is 11.3 Å². The van der Waals surface area contributed by atoms with Gasteiger partial charge in [-0.1, -0.05) is 50.2 Å². The van der Waals surface area contributed by atoms with Crippen molar-refractivity contribution in [3.63, 3.8) is 0 Å². The molecule has 1 N–H and O–H groups in total. The van der Waals surface area contributed by atoms with Crippen molar-refractivity contribution in [1.29, 1.82) is 0 Å². The average Bonchev–Trinajstić information content (AvgIpc) is 2.52. The standard InChI is InChI=1S/C18H21NO2/c1-13(2)18(20)19-12-15-7-4-5-10-17(15)14-8-6-9-16(11-14)21-3/h4-11,13H,12H2,1-3H3,(H,19,20). The molecule has 0 radical (unpaired) electrons. The van der Waals surface area contributed by atoms with Crippen molar-refractivity contribution in [2.24, 2.45) is 5.92 Å². The second-order valence-corrected chi connectivity index (χ2v) is 5.26. The van der Waals surface area contributed by atoms with Crippen LogP contribution in [0.1, 0.15) is 19.4 Å². The molecular weight excluding hydrogens is 262 g/mol. The molecule has 0 heterocycles. The van der Waals surface area contributed by atoms with Gasteiger partial charge in [-0.05, 0) is 28.8 Å². The summed E-state index contributed by atoms with van der Waals surface area (Å²) in [5.74, 6) is 0.887. The van der Waals surface area contributed by atoms with E-state index in [1.165, 1.54) is 0 Å². The molecule has 0 spiro atoms. The topological polar surface area (TPSA) is 38.3 Å². The Labute approximate surface area is 126 Å². The first-order valence-corrected chi connectivity index (χ1v) is 7.12.